The predicted octanol–water partition coefficient (Wildman–Crippen LogP) is 4.21. The smallest absolute Gasteiger partial charge is 0.305 e. The largest absolute Gasteiger partial charge is 0.466 e. The number of hydrogen-bond donors (Lipinski definition) is 0. The summed E-state index contributed by atoms with van der Waals surface area (Å²) < 4.78 is 22.9. The second-order valence-corrected chi connectivity index (χ2v) is 5.73. The van der Waals surface area contributed by atoms with E-state index in [0.717, 1.165) is 31.2 Å². The fourth-order valence-electron chi connectivity index (χ4n) is 2.17. The van der Waals surface area contributed by atoms with E-state index in [1.54, 1.807) is 12.1 Å². The van der Waals surface area contributed by atoms with E-state index in [0.29, 0.717) is 19.4 Å². The van der Waals surface area contributed by atoms with E-state index in [1.165, 1.54) is 12.1 Å². The molecule has 0 N–H and O–H groups in total. The van der Waals surface area contributed by atoms with Gasteiger partial charge in [0, 0.05) is 19.3 Å². The Bertz CT molecular complexity index is 485. The molecule has 0 bridgehead atoms. The molecule has 0 heterocycles. The summed E-state index contributed by atoms with van der Waals surface area (Å²) >= 11 is 0. The van der Waals surface area contributed by atoms with E-state index in [9.17, 15) is 14.0 Å². The average molecular weight is 338 g/mol. The minimum absolute atomic E-state index is 0.203. The lowest BCUT2D eigenvalue weighted by Gasteiger charge is -2.06. The fourth-order valence-corrected chi connectivity index (χ4v) is 2.17. The minimum atomic E-state index is -0.326. The van der Waals surface area contributed by atoms with Crippen LogP contribution in [0.1, 0.15) is 57.4 Å². The van der Waals surface area contributed by atoms with E-state index >= 15 is 0 Å². The molecule has 0 saturated carbocycles. The van der Waals surface area contributed by atoms with Crippen LogP contribution >= 0.6 is 0 Å². The Labute approximate surface area is 143 Å². The van der Waals surface area contributed by atoms with Crippen molar-refractivity contribution in [2.45, 2.75) is 58.3 Å². The SMILES string of the molecule is CCCCCCOC(=O)CCCC(=O)OCCc1ccc(F)cc1. The van der Waals surface area contributed by atoms with Crippen LogP contribution in [-0.2, 0) is 25.5 Å². The van der Waals surface area contributed by atoms with Gasteiger partial charge in [0.15, 0.2) is 0 Å². The van der Waals surface area contributed by atoms with Crippen molar-refractivity contribution in [1.82, 2.24) is 0 Å². The van der Waals surface area contributed by atoms with Crippen LogP contribution in [0.5, 0.6) is 0 Å². The van der Waals surface area contributed by atoms with Crippen molar-refractivity contribution < 1.29 is 23.5 Å². The van der Waals surface area contributed by atoms with E-state index in [4.69, 9.17) is 9.47 Å². The molecule has 0 fully saturated rings. The number of benzene rings is 1. The highest BCUT2D eigenvalue weighted by molar-refractivity contribution is 5.72. The van der Waals surface area contributed by atoms with Gasteiger partial charge in [0.2, 0.25) is 0 Å². The monoisotopic (exact) mass is 338 g/mol. The van der Waals surface area contributed by atoms with Crippen LogP contribution in [0, 0.1) is 5.82 Å². The highest BCUT2D eigenvalue weighted by Gasteiger charge is 2.07. The molecule has 24 heavy (non-hydrogen) atoms. The van der Waals surface area contributed by atoms with Crippen LogP contribution in [0.15, 0.2) is 24.3 Å². The predicted molar refractivity (Wildman–Crippen MR) is 90.0 cm³/mol. The summed E-state index contributed by atoms with van der Waals surface area (Å²) in [5, 5.41) is 0. The zero-order valence-electron chi connectivity index (χ0n) is 14.4. The normalized spacial score (nSPS) is 10.4. The summed E-state index contributed by atoms with van der Waals surface area (Å²) in [7, 11) is 0. The number of hydrogen-bond acceptors (Lipinski definition) is 4. The van der Waals surface area contributed by atoms with Gasteiger partial charge in [0.1, 0.15) is 5.82 Å². The first kappa shape index (κ1) is 20.1. The third-order valence-corrected chi connectivity index (χ3v) is 3.59. The number of carbonyl (C=O) groups is 2. The van der Waals surface area contributed by atoms with Crippen LogP contribution < -0.4 is 0 Å². The van der Waals surface area contributed by atoms with Crippen molar-refractivity contribution in [3.63, 3.8) is 0 Å². The van der Waals surface area contributed by atoms with Gasteiger partial charge in [-0.05, 0) is 30.5 Å². The number of unbranched alkanes of at least 4 members (excludes halogenated alkanes) is 3. The summed E-state index contributed by atoms with van der Waals surface area (Å²) in [6.45, 7) is 2.85. The molecule has 0 aromatic heterocycles. The lowest BCUT2D eigenvalue weighted by molar-refractivity contribution is -0.145. The van der Waals surface area contributed by atoms with Gasteiger partial charge in [-0.15, -0.1) is 0 Å². The third-order valence-electron chi connectivity index (χ3n) is 3.59. The van der Waals surface area contributed by atoms with Crippen LogP contribution in [0.4, 0.5) is 4.39 Å². The second-order valence-electron chi connectivity index (χ2n) is 5.73. The summed E-state index contributed by atoms with van der Waals surface area (Å²) in [6.07, 6.45) is 5.69. The topological polar surface area (TPSA) is 52.6 Å². The van der Waals surface area contributed by atoms with Gasteiger partial charge in [-0.1, -0.05) is 38.3 Å². The van der Waals surface area contributed by atoms with Crippen molar-refractivity contribution in [2.24, 2.45) is 0 Å². The number of esters is 2. The van der Waals surface area contributed by atoms with Gasteiger partial charge in [-0.2, -0.15) is 0 Å². The van der Waals surface area contributed by atoms with Crippen LogP contribution in [0.3, 0.4) is 0 Å². The number of ether oxygens (including phenoxy) is 2. The van der Waals surface area contributed by atoms with E-state index < -0.39 is 0 Å². The van der Waals surface area contributed by atoms with Gasteiger partial charge >= 0.3 is 11.9 Å². The van der Waals surface area contributed by atoms with Crippen molar-refractivity contribution in [2.75, 3.05) is 13.2 Å². The molecule has 0 saturated heterocycles. The van der Waals surface area contributed by atoms with Crippen molar-refractivity contribution in [3.8, 4) is 0 Å². The molecular formula is C19H27FO4. The first-order chi connectivity index (χ1) is 11.6. The third kappa shape index (κ3) is 9.98. The Morgan fingerprint density at radius 3 is 2.12 bits per heavy atom. The Morgan fingerprint density at radius 1 is 0.875 bits per heavy atom. The summed E-state index contributed by atoms with van der Waals surface area (Å²) in [4.78, 5) is 23.0. The van der Waals surface area contributed by atoms with Crippen LogP contribution in [0.2, 0.25) is 0 Å². The van der Waals surface area contributed by atoms with Crippen LogP contribution in [0.25, 0.3) is 0 Å². The molecule has 0 unspecified atom stereocenters. The zero-order valence-corrected chi connectivity index (χ0v) is 14.4. The van der Waals surface area contributed by atoms with Crippen molar-refractivity contribution in [3.05, 3.63) is 35.6 Å². The Hall–Kier alpha value is -1.91. The molecule has 1 rings (SSSR count). The fraction of sp³-hybridized carbons (Fsp3) is 0.579. The first-order valence-corrected chi connectivity index (χ1v) is 8.67. The molecule has 4 nitrogen and oxygen atoms in total. The molecule has 0 aliphatic rings. The van der Waals surface area contributed by atoms with Crippen molar-refractivity contribution in [1.29, 1.82) is 0 Å². The Morgan fingerprint density at radius 2 is 1.50 bits per heavy atom. The highest BCUT2D eigenvalue weighted by atomic mass is 19.1. The standard InChI is InChI=1S/C19H27FO4/c1-2-3-4-5-14-23-18(21)7-6-8-19(22)24-15-13-16-9-11-17(20)12-10-16/h9-12H,2-8,13-15H2,1H3. The van der Waals surface area contributed by atoms with Gasteiger partial charge in [0.25, 0.3) is 0 Å². The molecule has 134 valence electrons. The maximum absolute atomic E-state index is 12.8. The summed E-state index contributed by atoms with van der Waals surface area (Å²) in [5.74, 6) is -0.869. The molecule has 0 amide bonds. The maximum atomic E-state index is 12.8. The average Bonchev–Trinajstić information content (AvgIpc) is 2.56. The Kier molecular flexibility index (Phi) is 10.5. The first-order valence-electron chi connectivity index (χ1n) is 8.67. The van der Waals surface area contributed by atoms with E-state index in [2.05, 4.69) is 6.92 Å². The molecule has 1 aromatic carbocycles. The quantitative estimate of drug-likeness (QED) is 0.423. The van der Waals surface area contributed by atoms with E-state index in [-0.39, 0.29) is 37.2 Å². The van der Waals surface area contributed by atoms with Gasteiger partial charge in [-0.3, -0.25) is 9.59 Å². The molecule has 0 radical (unpaired) electrons. The maximum Gasteiger partial charge on any atom is 0.305 e. The molecular weight excluding hydrogens is 311 g/mol. The second kappa shape index (κ2) is 12.5. The number of halogens is 1. The van der Waals surface area contributed by atoms with Gasteiger partial charge < -0.3 is 9.47 Å². The van der Waals surface area contributed by atoms with Gasteiger partial charge in [0.05, 0.1) is 13.2 Å². The molecule has 0 atom stereocenters. The molecule has 5 heteroatoms. The lowest BCUT2D eigenvalue weighted by atomic mass is 10.2. The Balaban J connectivity index is 2.01. The lowest BCUT2D eigenvalue weighted by Crippen LogP contribution is -2.10. The summed E-state index contributed by atoms with van der Waals surface area (Å²) in [6, 6.07) is 6.09. The number of carbonyl (C=O) groups excluding carboxylic acids is 2. The van der Waals surface area contributed by atoms with E-state index in [1.807, 2.05) is 0 Å². The highest BCUT2D eigenvalue weighted by Crippen LogP contribution is 2.05. The molecule has 0 aliphatic carbocycles. The van der Waals surface area contributed by atoms with Crippen LogP contribution in [-0.4, -0.2) is 25.2 Å². The molecule has 0 aliphatic heterocycles. The minimum Gasteiger partial charge on any atom is -0.466 e. The zero-order chi connectivity index (χ0) is 17.6. The summed E-state index contributed by atoms with van der Waals surface area (Å²) in [5.41, 5.74) is 0.913. The van der Waals surface area contributed by atoms with Crippen molar-refractivity contribution >= 4 is 11.9 Å². The molecule has 0 spiro atoms. The molecule has 1 aromatic rings. The number of rotatable bonds is 12. The van der Waals surface area contributed by atoms with Gasteiger partial charge in [-0.25, -0.2) is 4.39 Å².